The third-order valence-electron chi connectivity index (χ3n) is 6.39. The summed E-state index contributed by atoms with van der Waals surface area (Å²) in [5.41, 5.74) is 1.48. The summed E-state index contributed by atoms with van der Waals surface area (Å²) >= 11 is 5.80. The predicted octanol–water partition coefficient (Wildman–Crippen LogP) is 4.02. The number of aromatic nitrogens is 3. The highest BCUT2D eigenvalue weighted by molar-refractivity contribution is 7.71. The first-order valence-corrected chi connectivity index (χ1v) is 11.9. The number of likely N-dealkylation sites (tertiary alicyclic amines) is 1. The van der Waals surface area contributed by atoms with Crippen LogP contribution in [-0.2, 0) is 6.67 Å². The molecule has 0 radical (unpaired) electrons. The lowest BCUT2D eigenvalue weighted by molar-refractivity contribution is 0.0895. The fourth-order valence-corrected chi connectivity index (χ4v) is 4.41. The van der Waals surface area contributed by atoms with Gasteiger partial charge in [-0.25, -0.2) is 9.07 Å². The Hall–Kier alpha value is -2.88. The molecule has 1 saturated heterocycles. The van der Waals surface area contributed by atoms with E-state index in [1.165, 1.54) is 12.1 Å². The van der Waals surface area contributed by atoms with Crippen molar-refractivity contribution in [3.05, 3.63) is 76.6 Å². The molecule has 2 heterocycles. The fraction of sp³-hybridized carbons (Fsp3) is 0.400. The average Bonchev–Trinajstić information content (AvgIpc) is 3.16. The number of rotatable bonds is 7. The minimum absolute atomic E-state index is 0.0203. The van der Waals surface area contributed by atoms with E-state index >= 15 is 0 Å². The van der Waals surface area contributed by atoms with Gasteiger partial charge in [0.05, 0.1) is 12.7 Å². The molecule has 1 fully saturated rings. The number of benzene rings is 2. The minimum Gasteiger partial charge on any atom is -0.349 e. The summed E-state index contributed by atoms with van der Waals surface area (Å²) in [6.45, 7) is 4.31. The van der Waals surface area contributed by atoms with Crippen molar-refractivity contribution < 1.29 is 9.18 Å². The molecule has 4 rings (SSSR count). The van der Waals surface area contributed by atoms with Gasteiger partial charge in [-0.15, -0.1) is 0 Å². The largest absolute Gasteiger partial charge is 0.349 e. The second kappa shape index (κ2) is 10.6. The first-order valence-electron chi connectivity index (χ1n) is 11.5. The molecule has 0 saturated carbocycles. The van der Waals surface area contributed by atoms with Crippen LogP contribution in [0.15, 0.2) is 54.6 Å². The van der Waals surface area contributed by atoms with Gasteiger partial charge in [0, 0.05) is 30.4 Å². The van der Waals surface area contributed by atoms with E-state index in [4.69, 9.17) is 17.3 Å². The smallest absolute Gasteiger partial charge is 0.251 e. The summed E-state index contributed by atoms with van der Waals surface area (Å²) in [6.07, 6.45) is 1.73. The van der Waals surface area contributed by atoms with Gasteiger partial charge in [0.15, 0.2) is 5.82 Å². The molecule has 0 aliphatic carbocycles. The Morgan fingerprint density at radius 2 is 1.79 bits per heavy atom. The maximum absolute atomic E-state index is 13.5. The monoisotopic (exact) mass is 482 g/mol. The molecule has 1 aromatic heterocycles. The van der Waals surface area contributed by atoms with E-state index in [0.717, 1.165) is 37.4 Å². The Labute approximate surface area is 204 Å². The molecular formula is C25H31FN6OS. The number of nitrogens with zero attached hydrogens (tertiary/aromatic N) is 5. The van der Waals surface area contributed by atoms with Gasteiger partial charge < -0.3 is 5.32 Å². The predicted molar refractivity (Wildman–Crippen MR) is 133 cm³/mol. The Balaban J connectivity index is 1.46. The third kappa shape index (κ3) is 5.43. The maximum atomic E-state index is 13.5. The Kier molecular flexibility index (Phi) is 7.55. The molecule has 1 aliphatic rings. The number of halogens is 1. The van der Waals surface area contributed by atoms with E-state index in [2.05, 4.69) is 22.0 Å². The second-order valence-corrected chi connectivity index (χ2v) is 9.33. The number of carbonyl (C=O) groups excluding carboxylic acids is 1. The molecule has 9 heteroatoms. The van der Waals surface area contributed by atoms with E-state index in [1.54, 1.807) is 12.1 Å². The molecule has 180 valence electrons. The average molecular weight is 483 g/mol. The van der Waals surface area contributed by atoms with E-state index in [-0.39, 0.29) is 23.8 Å². The highest BCUT2D eigenvalue weighted by Gasteiger charge is 2.24. The van der Waals surface area contributed by atoms with Gasteiger partial charge in [0.25, 0.3) is 5.91 Å². The summed E-state index contributed by atoms with van der Waals surface area (Å²) in [5, 5.41) is 8.01. The number of hydrogen-bond donors (Lipinski definition) is 1. The molecule has 1 aliphatic heterocycles. The van der Waals surface area contributed by atoms with Crippen LogP contribution in [0.1, 0.15) is 42.0 Å². The maximum Gasteiger partial charge on any atom is 0.251 e. The van der Waals surface area contributed by atoms with Gasteiger partial charge >= 0.3 is 0 Å². The van der Waals surface area contributed by atoms with Gasteiger partial charge in [-0.05, 0) is 82.5 Å². The van der Waals surface area contributed by atoms with Crippen molar-refractivity contribution in [1.29, 1.82) is 0 Å². The van der Waals surface area contributed by atoms with Gasteiger partial charge in [0.2, 0.25) is 4.77 Å². The van der Waals surface area contributed by atoms with Crippen LogP contribution in [0, 0.1) is 10.6 Å². The van der Waals surface area contributed by atoms with Crippen LogP contribution in [0.5, 0.6) is 0 Å². The Morgan fingerprint density at radius 1 is 1.15 bits per heavy atom. The molecule has 7 nitrogen and oxygen atoms in total. The van der Waals surface area contributed by atoms with Gasteiger partial charge in [-0.1, -0.05) is 18.2 Å². The van der Waals surface area contributed by atoms with Crippen molar-refractivity contribution in [1.82, 2.24) is 29.5 Å². The van der Waals surface area contributed by atoms with Crippen LogP contribution in [-0.4, -0.2) is 63.3 Å². The van der Waals surface area contributed by atoms with Crippen molar-refractivity contribution in [2.45, 2.75) is 38.5 Å². The van der Waals surface area contributed by atoms with Crippen LogP contribution in [0.4, 0.5) is 4.39 Å². The summed E-state index contributed by atoms with van der Waals surface area (Å²) < 4.78 is 17.9. The van der Waals surface area contributed by atoms with Crippen LogP contribution in [0.25, 0.3) is 5.69 Å². The van der Waals surface area contributed by atoms with Crippen molar-refractivity contribution >= 4 is 18.1 Å². The normalized spacial score (nSPS) is 16.0. The van der Waals surface area contributed by atoms with Crippen molar-refractivity contribution in [2.75, 3.05) is 27.2 Å². The standard InChI is InChI=1S/C25H31FN6OS/c1-18(29(2)3)23-28-31(25(34)32(23)22-11-9-20(26)10-12-22)17-30-15-13-21(14-16-30)27-24(33)19-7-5-4-6-8-19/h4-12,18,21H,13-17H2,1-3H3,(H,27,33). The molecule has 2 aromatic carbocycles. The summed E-state index contributed by atoms with van der Waals surface area (Å²) in [6, 6.07) is 15.8. The van der Waals surface area contributed by atoms with E-state index in [0.29, 0.717) is 17.0 Å². The molecule has 1 unspecified atom stereocenters. The lowest BCUT2D eigenvalue weighted by Crippen LogP contribution is -2.45. The first kappa shape index (κ1) is 24.3. The summed E-state index contributed by atoms with van der Waals surface area (Å²) in [4.78, 5) is 16.8. The molecule has 1 N–H and O–H groups in total. The zero-order valence-corrected chi connectivity index (χ0v) is 20.6. The highest BCUT2D eigenvalue weighted by atomic mass is 32.1. The molecule has 34 heavy (non-hydrogen) atoms. The van der Waals surface area contributed by atoms with Crippen molar-refractivity contribution in [2.24, 2.45) is 0 Å². The molecule has 0 bridgehead atoms. The van der Waals surface area contributed by atoms with Gasteiger partial charge in [-0.3, -0.25) is 19.2 Å². The fourth-order valence-electron chi connectivity index (χ4n) is 4.12. The number of amides is 1. The van der Waals surface area contributed by atoms with Crippen LogP contribution < -0.4 is 5.32 Å². The van der Waals surface area contributed by atoms with Crippen LogP contribution >= 0.6 is 12.2 Å². The summed E-state index contributed by atoms with van der Waals surface area (Å²) in [5.74, 6) is 0.500. The van der Waals surface area contributed by atoms with Gasteiger partial charge in [0.1, 0.15) is 5.82 Å². The molecule has 3 aromatic rings. The summed E-state index contributed by atoms with van der Waals surface area (Å²) in [7, 11) is 3.99. The van der Waals surface area contributed by atoms with E-state index in [9.17, 15) is 9.18 Å². The number of hydrogen-bond acceptors (Lipinski definition) is 5. The quantitative estimate of drug-likeness (QED) is 0.516. The molecule has 1 amide bonds. The van der Waals surface area contributed by atoms with E-state index in [1.807, 2.05) is 53.7 Å². The second-order valence-electron chi connectivity index (χ2n) is 8.96. The zero-order valence-electron chi connectivity index (χ0n) is 19.8. The Morgan fingerprint density at radius 3 is 2.41 bits per heavy atom. The lowest BCUT2D eigenvalue weighted by atomic mass is 10.0. The Bertz CT molecular complexity index is 1170. The highest BCUT2D eigenvalue weighted by Crippen LogP contribution is 2.22. The molecule has 1 atom stereocenters. The number of nitrogens with one attached hydrogen (secondary N) is 1. The molecule has 0 spiro atoms. The SMILES string of the molecule is CC(c1nn(CN2CCC(NC(=O)c3ccccc3)CC2)c(=S)n1-c1ccc(F)cc1)N(C)C. The van der Waals surface area contributed by atoms with Crippen molar-refractivity contribution in [3.63, 3.8) is 0 Å². The molecular weight excluding hydrogens is 451 g/mol. The minimum atomic E-state index is -0.285. The topological polar surface area (TPSA) is 58.3 Å². The lowest BCUT2D eigenvalue weighted by Gasteiger charge is -2.32. The number of piperidine rings is 1. The number of carbonyl (C=O) groups is 1. The third-order valence-corrected chi connectivity index (χ3v) is 6.78. The zero-order chi connectivity index (χ0) is 24.2. The van der Waals surface area contributed by atoms with Crippen LogP contribution in [0.2, 0.25) is 0 Å². The van der Waals surface area contributed by atoms with Crippen LogP contribution in [0.3, 0.4) is 0 Å². The van der Waals surface area contributed by atoms with E-state index < -0.39 is 0 Å². The first-order chi connectivity index (χ1) is 16.3. The van der Waals surface area contributed by atoms with Crippen molar-refractivity contribution in [3.8, 4) is 5.69 Å². The van der Waals surface area contributed by atoms with Gasteiger partial charge in [-0.2, -0.15) is 5.10 Å².